The molecule has 0 atom stereocenters. The normalized spacial score (nSPS) is 10.0. The summed E-state index contributed by atoms with van der Waals surface area (Å²) < 4.78 is 5.14. The molecule has 0 amide bonds. The van der Waals surface area contributed by atoms with Crippen LogP contribution in [0.4, 0.5) is 0 Å². The second kappa shape index (κ2) is 5.02. The first kappa shape index (κ1) is 10.3. The molecule has 0 aliphatic carbocycles. The molecule has 0 saturated heterocycles. The van der Waals surface area contributed by atoms with Gasteiger partial charge < -0.3 is 9.84 Å². The molecule has 72 valence electrons. The maximum absolute atomic E-state index is 9.20. The summed E-state index contributed by atoms with van der Waals surface area (Å²) in [6.45, 7) is 0. The van der Waals surface area contributed by atoms with Crippen LogP contribution in [-0.4, -0.2) is 18.0 Å². The van der Waals surface area contributed by atoms with Gasteiger partial charge in [-0.1, -0.05) is 6.07 Å². The molecular weight excluding hydrogens is 184 g/mol. The molecule has 0 bridgehead atoms. The van der Waals surface area contributed by atoms with Crippen molar-refractivity contribution in [3.05, 3.63) is 23.8 Å². The van der Waals surface area contributed by atoms with Gasteiger partial charge in [-0.25, -0.2) is 0 Å². The molecule has 0 fully saturated rings. The molecule has 1 aromatic rings. The molecule has 3 heteroatoms. The SMILES string of the molecule is COc1cc(O)ccc1CCCS. The van der Waals surface area contributed by atoms with Crippen molar-refractivity contribution in [1.82, 2.24) is 0 Å². The number of aromatic hydroxyl groups is 1. The fourth-order valence-corrected chi connectivity index (χ4v) is 1.37. The van der Waals surface area contributed by atoms with Crippen LogP contribution in [0.2, 0.25) is 0 Å². The third kappa shape index (κ3) is 2.84. The first-order valence-corrected chi connectivity index (χ1v) is 4.88. The van der Waals surface area contributed by atoms with Gasteiger partial charge in [0.25, 0.3) is 0 Å². The van der Waals surface area contributed by atoms with Gasteiger partial charge in [0.2, 0.25) is 0 Å². The Kier molecular flexibility index (Phi) is 3.96. The fraction of sp³-hybridized carbons (Fsp3) is 0.400. The van der Waals surface area contributed by atoms with Gasteiger partial charge >= 0.3 is 0 Å². The van der Waals surface area contributed by atoms with Crippen molar-refractivity contribution >= 4 is 12.6 Å². The number of phenolic OH excluding ortho intramolecular Hbond substituents is 1. The van der Waals surface area contributed by atoms with E-state index in [1.807, 2.05) is 6.07 Å². The Morgan fingerprint density at radius 2 is 2.23 bits per heavy atom. The van der Waals surface area contributed by atoms with E-state index >= 15 is 0 Å². The Balaban J connectivity index is 2.79. The van der Waals surface area contributed by atoms with Crippen molar-refractivity contribution in [2.75, 3.05) is 12.9 Å². The van der Waals surface area contributed by atoms with Gasteiger partial charge in [0.05, 0.1) is 7.11 Å². The zero-order valence-electron chi connectivity index (χ0n) is 7.66. The van der Waals surface area contributed by atoms with Crippen LogP contribution in [0.5, 0.6) is 11.5 Å². The maximum atomic E-state index is 9.20. The van der Waals surface area contributed by atoms with Crippen LogP contribution in [0.25, 0.3) is 0 Å². The molecule has 0 unspecified atom stereocenters. The van der Waals surface area contributed by atoms with E-state index in [4.69, 9.17) is 4.74 Å². The van der Waals surface area contributed by atoms with E-state index in [9.17, 15) is 5.11 Å². The largest absolute Gasteiger partial charge is 0.508 e. The first-order valence-electron chi connectivity index (χ1n) is 4.24. The highest BCUT2D eigenvalue weighted by atomic mass is 32.1. The van der Waals surface area contributed by atoms with Crippen molar-refractivity contribution < 1.29 is 9.84 Å². The summed E-state index contributed by atoms with van der Waals surface area (Å²) in [6, 6.07) is 5.20. The lowest BCUT2D eigenvalue weighted by atomic mass is 10.1. The second-order valence-electron chi connectivity index (χ2n) is 2.82. The van der Waals surface area contributed by atoms with Crippen molar-refractivity contribution in [1.29, 1.82) is 0 Å². The number of ether oxygens (including phenoxy) is 1. The van der Waals surface area contributed by atoms with Crippen LogP contribution in [0.1, 0.15) is 12.0 Å². The molecule has 1 N–H and O–H groups in total. The van der Waals surface area contributed by atoms with Crippen LogP contribution < -0.4 is 4.74 Å². The zero-order valence-corrected chi connectivity index (χ0v) is 8.55. The summed E-state index contributed by atoms with van der Waals surface area (Å²) >= 11 is 4.14. The van der Waals surface area contributed by atoms with Gasteiger partial charge in [-0.05, 0) is 30.2 Å². The third-order valence-electron chi connectivity index (χ3n) is 1.87. The Morgan fingerprint density at radius 3 is 2.85 bits per heavy atom. The molecule has 2 nitrogen and oxygen atoms in total. The van der Waals surface area contributed by atoms with Gasteiger partial charge in [0, 0.05) is 6.07 Å². The number of hydrogen-bond acceptors (Lipinski definition) is 3. The quantitative estimate of drug-likeness (QED) is 0.727. The topological polar surface area (TPSA) is 29.5 Å². The number of aryl methyl sites for hydroxylation is 1. The van der Waals surface area contributed by atoms with Crippen molar-refractivity contribution in [2.45, 2.75) is 12.8 Å². The van der Waals surface area contributed by atoms with E-state index in [0.717, 1.165) is 29.9 Å². The maximum Gasteiger partial charge on any atom is 0.125 e. The van der Waals surface area contributed by atoms with Crippen molar-refractivity contribution in [2.24, 2.45) is 0 Å². The predicted octanol–water partition coefficient (Wildman–Crippen LogP) is 2.26. The summed E-state index contributed by atoms with van der Waals surface area (Å²) in [5.41, 5.74) is 1.12. The molecular formula is C10H14O2S. The van der Waals surface area contributed by atoms with Crippen LogP contribution in [-0.2, 0) is 6.42 Å². The highest BCUT2D eigenvalue weighted by Crippen LogP contribution is 2.24. The number of benzene rings is 1. The number of methoxy groups -OCH3 is 1. The lowest BCUT2D eigenvalue weighted by Gasteiger charge is -2.07. The average Bonchev–Trinajstić information content (AvgIpc) is 2.16. The molecule has 0 aromatic heterocycles. The standard InChI is InChI=1S/C10H14O2S/c1-12-10-7-9(11)5-4-8(10)3-2-6-13/h4-5,7,11,13H,2-3,6H2,1H3. The van der Waals surface area contributed by atoms with Gasteiger partial charge in [-0.15, -0.1) is 0 Å². The van der Waals surface area contributed by atoms with E-state index in [1.54, 1.807) is 19.2 Å². The molecule has 13 heavy (non-hydrogen) atoms. The minimum absolute atomic E-state index is 0.242. The highest BCUT2D eigenvalue weighted by molar-refractivity contribution is 7.80. The molecule has 1 aromatic carbocycles. The lowest BCUT2D eigenvalue weighted by molar-refractivity contribution is 0.402. The smallest absolute Gasteiger partial charge is 0.125 e. The van der Waals surface area contributed by atoms with E-state index in [0.29, 0.717) is 0 Å². The molecule has 0 heterocycles. The van der Waals surface area contributed by atoms with Gasteiger partial charge in [0.1, 0.15) is 11.5 Å². The number of hydrogen-bond donors (Lipinski definition) is 2. The van der Waals surface area contributed by atoms with Gasteiger partial charge in [0.15, 0.2) is 0 Å². The van der Waals surface area contributed by atoms with E-state index in [2.05, 4.69) is 12.6 Å². The Morgan fingerprint density at radius 1 is 1.46 bits per heavy atom. The zero-order chi connectivity index (χ0) is 9.68. The average molecular weight is 198 g/mol. The molecule has 0 radical (unpaired) electrons. The highest BCUT2D eigenvalue weighted by Gasteiger charge is 2.02. The van der Waals surface area contributed by atoms with Gasteiger partial charge in [-0.3, -0.25) is 0 Å². The fourth-order valence-electron chi connectivity index (χ4n) is 1.21. The molecule has 0 saturated carbocycles. The molecule has 0 spiro atoms. The van der Waals surface area contributed by atoms with Crippen LogP contribution in [0, 0.1) is 0 Å². The summed E-state index contributed by atoms with van der Waals surface area (Å²) in [5, 5.41) is 9.20. The van der Waals surface area contributed by atoms with Crippen molar-refractivity contribution in [3.63, 3.8) is 0 Å². The van der Waals surface area contributed by atoms with Crippen LogP contribution in [0.15, 0.2) is 18.2 Å². The lowest BCUT2D eigenvalue weighted by Crippen LogP contribution is -1.92. The van der Waals surface area contributed by atoms with Gasteiger partial charge in [-0.2, -0.15) is 12.6 Å². The first-order chi connectivity index (χ1) is 6.27. The van der Waals surface area contributed by atoms with E-state index < -0.39 is 0 Å². The second-order valence-corrected chi connectivity index (χ2v) is 3.27. The Hall–Kier alpha value is -0.830. The summed E-state index contributed by atoms with van der Waals surface area (Å²) in [7, 11) is 1.61. The van der Waals surface area contributed by atoms with E-state index in [-0.39, 0.29) is 5.75 Å². The summed E-state index contributed by atoms with van der Waals surface area (Å²) in [4.78, 5) is 0. The minimum atomic E-state index is 0.242. The van der Waals surface area contributed by atoms with E-state index in [1.165, 1.54) is 0 Å². The molecule has 0 aliphatic heterocycles. The number of rotatable bonds is 4. The minimum Gasteiger partial charge on any atom is -0.508 e. The number of thiol groups is 1. The summed E-state index contributed by atoms with van der Waals surface area (Å²) in [5.74, 6) is 1.86. The molecule has 1 rings (SSSR count). The number of phenols is 1. The third-order valence-corrected chi connectivity index (χ3v) is 2.19. The Labute approximate surface area is 84.0 Å². The monoisotopic (exact) mass is 198 g/mol. The predicted molar refractivity (Wildman–Crippen MR) is 56.8 cm³/mol. The summed E-state index contributed by atoms with van der Waals surface area (Å²) in [6.07, 6.45) is 1.96. The molecule has 0 aliphatic rings. The van der Waals surface area contributed by atoms with Crippen molar-refractivity contribution in [3.8, 4) is 11.5 Å². The Bertz CT molecular complexity index is 274. The van der Waals surface area contributed by atoms with Crippen LogP contribution in [0.3, 0.4) is 0 Å². The van der Waals surface area contributed by atoms with Crippen LogP contribution >= 0.6 is 12.6 Å².